The minimum absolute atomic E-state index is 0.591. The maximum absolute atomic E-state index is 5.67. The summed E-state index contributed by atoms with van der Waals surface area (Å²) in [6.07, 6.45) is 0. The van der Waals surface area contributed by atoms with Crippen molar-refractivity contribution in [2.45, 2.75) is 20.2 Å². The van der Waals surface area contributed by atoms with Gasteiger partial charge in [-0.1, -0.05) is 0 Å². The third-order valence-electron chi connectivity index (χ3n) is 0.882. The molecule has 0 aliphatic carbocycles. The molecule has 0 atom stereocenters. The summed E-state index contributed by atoms with van der Waals surface area (Å²) < 4.78 is 6.16. The van der Waals surface area contributed by atoms with Crippen molar-refractivity contribution in [2.24, 2.45) is 4.22 Å². The first-order valence-corrected chi connectivity index (χ1v) is 6.87. The van der Waals surface area contributed by atoms with E-state index in [1.165, 1.54) is 0 Å². The number of rotatable bonds is 2. The molecule has 0 unspecified atom stereocenters. The van der Waals surface area contributed by atoms with E-state index in [4.69, 9.17) is 39.0 Å². The summed E-state index contributed by atoms with van der Waals surface area (Å²) >= 11 is 15.1. The van der Waals surface area contributed by atoms with Crippen LogP contribution in [0.3, 0.4) is 0 Å². The molecular weight excluding hydrogens is 216 g/mol. The average molecular weight is 225 g/mol. The van der Waals surface area contributed by atoms with Gasteiger partial charge in [-0.3, -0.25) is 0 Å². The van der Waals surface area contributed by atoms with Crippen LogP contribution in [-0.2, 0) is 18.1 Å². The maximum atomic E-state index is 5.67. The van der Waals surface area contributed by atoms with Crippen LogP contribution < -0.4 is 4.22 Å². The Kier molecular flexibility index (Phi) is 5.19. The molecule has 0 heterocycles. The second-order valence-corrected chi connectivity index (χ2v) is 8.03. The van der Waals surface area contributed by atoms with Crippen LogP contribution in [0.15, 0.2) is 0 Å². The van der Waals surface area contributed by atoms with E-state index >= 15 is 0 Å². The summed E-state index contributed by atoms with van der Waals surface area (Å²) in [6.45, 7) is 2.03. The minimum atomic E-state index is -1.44. The van der Waals surface area contributed by atoms with Gasteiger partial charge in [-0.05, 0) is 0 Å². The Morgan fingerprint density at radius 2 is 1.89 bits per heavy atom. The van der Waals surface area contributed by atoms with Crippen LogP contribution in [0, 0.1) is 0 Å². The molecule has 55 valence electrons. The fourth-order valence-corrected chi connectivity index (χ4v) is 3.70. The van der Waals surface area contributed by atoms with Crippen LogP contribution in [0.2, 0.25) is 9.45 Å². The third-order valence-corrected chi connectivity index (χ3v) is 5.29. The summed E-state index contributed by atoms with van der Waals surface area (Å²) in [7, 11) is 0. The Balaban J connectivity index is 3.47. The first-order chi connectivity index (χ1) is 3.95. The molecule has 5 heteroatoms. The van der Waals surface area contributed by atoms with Crippen molar-refractivity contribution in [3.8, 4) is 0 Å². The molecule has 0 aromatic rings. The molecule has 0 aromatic heterocycles. The second kappa shape index (κ2) is 4.43. The quantitative estimate of drug-likeness (QED) is 0.567. The molecule has 0 bridgehead atoms. The van der Waals surface area contributed by atoms with Gasteiger partial charge in [0, 0.05) is 0 Å². The van der Waals surface area contributed by atoms with Crippen molar-refractivity contribution in [1.29, 1.82) is 0 Å². The second-order valence-electron chi connectivity index (χ2n) is 1.80. The molecule has 2 N–H and O–H groups in total. The van der Waals surface area contributed by atoms with Gasteiger partial charge in [0.1, 0.15) is 0 Å². The van der Waals surface area contributed by atoms with Crippen LogP contribution in [-0.4, -0.2) is 3.79 Å². The Morgan fingerprint density at radius 3 is 2.00 bits per heavy atom. The number of hydrogen-bond donors (Lipinski definition) is 1. The molecule has 0 rings (SSSR count). The standard InChI is InChI=1S/C2H2Cl3.C2H5.H2N.Ti/c1-2(3,4)5;1-2;;/h1H2;1H2,2H3;1H2;/q;;-1;+1. The number of halogens is 3. The molecule has 0 fully saturated rings. The Labute approximate surface area is 77.0 Å². The normalized spacial score (nSPS) is 11.7. The van der Waals surface area contributed by atoms with Gasteiger partial charge < -0.3 is 0 Å². The van der Waals surface area contributed by atoms with Gasteiger partial charge in [0.05, 0.1) is 0 Å². The van der Waals surface area contributed by atoms with Crippen LogP contribution >= 0.6 is 34.8 Å². The van der Waals surface area contributed by atoms with Gasteiger partial charge in [0.2, 0.25) is 0 Å². The van der Waals surface area contributed by atoms with Crippen molar-refractivity contribution in [1.82, 2.24) is 0 Å². The monoisotopic (exact) mass is 224 g/mol. The number of alkyl halides is 3. The van der Waals surface area contributed by atoms with Crippen molar-refractivity contribution in [3.05, 3.63) is 0 Å². The summed E-state index contributed by atoms with van der Waals surface area (Å²) in [6, 6.07) is 0. The summed E-state index contributed by atoms with van der Waals surface area (Å²) in [4.78, 5) is 0. The molecule has 0 saturated carbocycles. The fourth-order valence-electron chi connectivity index (χ4n) is 0.382. The van der Waals surface area contributed by atoms with Crippen LogP contribution in [0.1, 0.15) is 6.92 Å². The number of hydrogen-bond acceptors (Lipinski definition) is 1. The van der Waals surface area contributed by atoms with Crippen molar-refractivity contribution in [3.63, 3.8) is 0 Å². The van der Waals surface area contributed by atoms with E-state index in [0.29, 0.717) is 4.73 Å². The van der Waals surface area contributed by atoms with E-state index in [0.717, 1.165) is 4.73 Å². The van der Waals surface area contributed by atoms with Crippen LogP contribution in [0.25, 0.3) is 0 Å². The Bertz CT molecular complexity index is 82.4. The van der Waals surface area contributed by atoms with Gasteiger partial charge in [-0.25, -0.2) is 0 Å². The van der Waals surface area contributed by atoms with Gasteiger partial charge in [0.25, 0.3) is 0 Å². The molecule has 0 aliphatic heterocycles. The van der Waals surface area contributed by atoms with Crippen LogP contribution in [0.4, 0.5) is 0 Å². The zero-order valence-electron chi connectivity index (χ0n) is 5.13. The third kappa shape index (κ3) is 7.44. The van der Waals surface area contributed by atoms with Gasteiger partial charge in [-0.2, -0.15) is 0 Å². The van der Waals surface area contributed by atoms with Gasteiger partial charge in [0.15, 0.2) is 0 Å². The van der Waals surface area contributed by atoms with E-state index < -0.39 is 21.9 Å². The first kappa shape index (κ1) is 10.5. The van der Waals surface area contributed by atoms with Gasteiger partial charge in [-0.15, -0.1) is 0 Å². The zero-order chi connectivity index (χ0) is 7.49. The summed E-state index contributed by atoms with van der Waals surface area (Å²) in [5.74, 6) is 0. The predicted octanol–water partition coefficient (Wildman–Crippen LogP) is 2.71. The predicted molar refractivity (Wildman–Crippen MR) is 39.8 cm³/mol. The molecule has 1 nitrogen and oxygen atoms in total. The average Bonchev–Trinajstić information content (AvgIpc) is 1.62. The molecule has 0 spiro atoms. The van der Waals surface area contributed by atoms with Crippen molar-refractivity contribution >= 4 is 34.8 Å². The molecule has 0 amide bonds. The summed E-state index contributed by atoms with van der Waals surface area (Å²) in [5.41, 5.74) is 0. The molecule has 0 radical (unpaired) electrons. The van der Waals surface area contributed by atoms with E-state index in [1.54, 1.807) is 0 Å². The topological polar surface area (TPSA) is 26.0 Å². The SMILES string of the molecule is C[CH2][Ti]([NH2])[CH2]C(Cl)(Cl)Cl. The van der Waals surface area contributed by atoms with Crippen LogP contribution in [0.5, 0.6) is 0 Å². The van der Waals surface area contributed by atoms with Crippen molar-refractivity contribution in [2.75, 3.05) is 0 Å². The Hall–Kier alpha value is 1.54. The zero-order valence-corrected chi connectivity index (χ0v) is 8.95. The Morgan fingerprint density at radius 1 is 1.44 bits per heavy atom. The van der Waals surface area contributed by atoms with Crippen molar-refractivity contribution < 1.29 is 18.1 Å². The molecule has 9 heavy (non-hydrogen) atoms. The first-order valence-electron chi connectivity index (χ1n) is 2.62. The molecule has 0 saturated heterocycles. The van der Waals surface area contributed by atoms with Gasteiger partial charge >= 0.3 is 77.3 Å². The number of nitrogens with two attached hydrogens (primary N) is 1. The molecule has 0 aliphatic rings. The van der Waals surface area contributed by atoms with E-state index in [9.17, 15) is 0 Å². The van der Waals surface area contributed by atoms with E-state index in [1.807, 2.05) is 6.92 Å². The molecular formula is C4H9Cl3NTi. The fraction of sp³-hybridized carbons (Fsp3) is 1.00. The summed E-state index contributed by atoms with van der Waals surface area (Å²) in [5, 5.41) is 0. The van der Waals surface area contributed by atoms with E-state index in [2.05, 4.69) is 0 Å². The molecule has 0 aromatic carbocycles. The van der Waals surface area contributed by atoms with E-state index in [-0.39, 0.29) is 0 Å².